The van der Waals surface area contributed by atoms with Crippen molar-refractivity contribution >= 4 is 50.1 Å². The zero-order valence-corrected chi connectivity index (χ0v) is 18.0. The van der Waals surface area contributed by atoms with E-state index in [4.69, 9.17) is 16.3 Å². The topological polar surface area (TPSA) is 127 Å². The number of sulfone groups is 1. The first-order chi connectivity index (χ1) is 14.2. The third-order valence-electron chi connectivity index (χ3n) is 3.81. The molecule has 1 amide bonds. The van der Waals surface area contributed by atoms with Crippen LogP contribution < -0.4 is 10.1 Å². The van der Waals surface area contributed by atoms with Crippen LogP contribution in [-0.4, -0.2) is 41.6 Å². The molecule has 0 saturated carbocycles. The van der Waals surface area contributed by atoms with Gasteiger partial charge in [0.05, 0.1) is 12.1 Å². The van der Waals surface area contributed by atoms with Gasteiger partial charge in [0.15, 0.2) is 0 Å². The Hall–Kier alpha value is -3.20. The zero-order chi connectivity index (χ0) is 21.9. The molecule has 9 nitrogen and oxygen atoms in total. The second-order valence-corrected chi connectivity index (χ2v) is 8.97. The fraction of sp³-hybridized carbons (Fsp3) is 0.111. The number of nitriles is 1. The fourth-order valence-electron chi connectivity index (χ4n) is 2.42. The van der Waals surface area contributed by atoms with Crippen LogP contribution in [0.25, 0.3) is 11.8 Å². The second kappa shape index (κ2) is 8.66. The van der Waals surface area contributed by atoms with Crippen molar-refractivity contribution in [1.29, 1.82) is 5.26 Å². The number of nitrogens with one attached hydrogen (secondary N) is 1. The van der Waals surface area contributed by atoms with E-state index in [1.807, 2.05) is 6.07 Å². The molecule has 0 aliphatic carbocycles. The van der Waals surface area contributed by atoms with Crippen molar-refractivity contribution in [1.82, 2.24) is 13.9 Å². The number of benzene rings is 1. The number of hydrogen-bond acceptors (Lipinski definition) is 8. The van der Waals surface area contributed by atoms with E-state index >= 15 is 0 Å². The molecule has 0 spiro atoms. The number of aromatic nitrogens is 3. The molecule has 30 heavy (non-hydrogen) atoms. The Kier molecular flexibility index (Phi) is 6.21. The lowest BCUT2D eigenvalue weighted by Gasteiger charge is -2.10. The van der Waals surface area contributed by atoms with Crippen molar-refractivity contribution in [3.05, 3.63) is 52.8 Å². The minimum atomic E-state index is -3.60. The van der Waals surface area contributed by atoms with E-state index < -0.39 is 20.9 Å². The minimum Gasteiger partial charge on any atom is -0.495 e. The molecule has 0 fully saturated rings. The molecule has 0 unspecified atom stereocenters. The van der Waals surface area contributed by atoms with Gasteiger partial charge in [-0.25, -0.2) is 8.42 Å². The molecule has 0 radical (unpaired) electrons. The second-order valence-electron chi connectivity index (χ2n) is 5.90. The van der Waals surface area contributed by atoms with Gasteiger partial charge in [0, 0.05) is 35.4 Å². The fourth-order valence-corrected chi connectivity index (χ4v) is 4.12. The number of ether oxygens (including phenoxy) is 1. The molecule has 0 aliphatic heterocycles. The van der Waals surface area contributed by atoms with Crippen molar-refractivity contribution < 1.29 is 17.9 Å². The van der Waals surface area contributed by atoms with Gasteiger partial charge >= 0.3 is 0 Å². The normalized spacial score (nSPS) is 11.7. The van der Waals surface area contributed by atoms with Crippen molar-refractivity contribution in [2.45, 2.75) is 5.16 Å². The Morgan fingerprint density at radius 2 is 2.17 bits per heavy atom. The Bertz CT molecular complexity index is 1290. The van der Waals surface area contributed by atoms with Gasteiger partial charge in [-0.1, -0.05) is 11.6 Å². The Morgan fingerprint density at radius 3 is 2.77 bits per heavy atom. The quantitative estimate of drug-likeness (QED) is 0.439. The van der Waals surface area contributed by atoms with Crippen LogP contribution in [0.2, 0.25) is 5.02 Å². The number of methoxy groups -OCH3 is 1. The molecule has 2 aromatic heterocycles. The average molecular weight is 464 g/mol. The molecule has 1 aromatic carbocycles. The van der Waals surface area contributed by atoms with Gasteiger partial charge in [-0.15, -0.1) is 0 Å². The number of carbonyl (C=O) groups is 1. The van der Waals surface area contributed by atoms with Crippen molar-refractivity contribution in [2.24, 2.45) is 0 Å². The van der Waals surface area contributed by atoms with Crippen LogP contribution in [0.4, 0.5) is 5.13 Å². The first kappa shape index (κ1) is 21.5. The minimum absolute atomic E-state index is 0.0288. The van der Waals surface area contributed by atoms with Crippen LogP contribution in [0.5, 0.6) is 5.75 Å². The molecule has 0 bridgehead atoms. The number of halogens is 1. The standard InChI is InChI=1S/C18H14ClN5O4S2/c1-28-15-6-5-13(9-14(15)19)24-7-3-4-12(24)8-11(10-20)16(25)21-17-22-18(23-29-17)30(2,26)27/h3-9H,1-2H3,(H,21,22,23,25)/b11-8-. The summed E-state index contributed by atoms with van der Waals surface area (Å²) in [5.74, 6) is -0.221. The van der Waals surface area contributed by atoms with Crippen molar-refractivity contribution in [2.75, 3.05) is 18.7 Å². The van der Waals surface area contributed by atoms with E-state index in [1.54, 1.807) is 41.1 Å². The lowest BCUT2D eigenvalue weighted by atomic mass is 10.2. The van der Waals surface area contributed by atoms with E-state index in [-0.39, 0.29) is 10.7 Å². The molecule has 3 aromatic rings. The summed E-state index contributed by atoms with van der Waals surface area (Å²) < 4.78 is 33.5. The Morgan fingerprint density at radius 1 is 1.40 bits per heavy atom. The first-order valence-corrected chi connectivity index (χ1v) is 11.3. The summed E-state index contributed by atoms with van der Waals surface area (Å²) in [6, 6.07) is 10.5. The lowest BCUT2D eigenvalue weighted by Crippen LogP contribution is -2.13. The molecule has 2 heterocycles. The SMILES string of the molecule is COc1ccc(-n2cccc2/C=C(/C#N)C(=O)Nc2nc(S(C)(=O)=O)ns2)cc1Cl. The first-order valence-electron chi connectivity index (χ1n) is 8.21. The number of carbonyl (C=O) groups excluding carboxylic acids is 1. The number of nitrogens with zero attached hydrogens (tertiary/aromatic N) is 4. The summed E-state index contributed by atoms with van der Waals surface area (Å²) in [6.45, 7) is 0. The van der Waals surface area contributed by atoms with Crippen LogP contribution >= 0.6 is 23.1 Å². The van der Waals surface area contributed by atoms with Crippen LogP contribution in [0.1, 0.15) is 5.69 Å². The molecule has 0 aliphatic rings. The maximum atomic E-state index is 12.5. The Balaban J connectivity index is 1.88. The van der Waals surface area contributed by atoms with Gasteiger partial charge in [-0.05, 0) is 36.4 Å². The van der Waals surface area contributed by atoms with Crippen LogP contribution in [0, 0.1) is 11.3 Å². The molecular weight excluding hydrogens is 450 g/mol. The lowest BCUT2D eigenvalue weighted by molar-refractivity contribution is -0.112. The third kappa shape index (κ3) is 4.68. The van der Waals surface area contributed by atoms with Crippen LogP contribution in [0.3, 0.4) is 0 Å². The maximum absolute atomic E-state index is 12.5. The summed E-state index contributed by atoms with van der Waals surface area (Å²) >= 11 is 6.89. The van der Waals surface area contributed by atoms with Gasteiger partial charge in [-0.3, -0.25) is 10.1 Å². The van der Waals surface area contributed by atoms with Gasteiger partial charge in [0.25, 0.3) is 11.1 Å². The van der Waals surface area contributed by atoms with E-state index in [1.165, 1.54) is 13.2 Å². The highest BCUT2D eigenvalue weighted by Gasteiger charge is 2.18. The summed E-state index contributed by atoms with van der Waals surface area (Å²) in [7, 11) is -2.08. The van der Waals surface area contributed by atoms with Crippen LogP contribution in [-0.2, 0) is 14.6 Å². The zero-order valence-electron chi connectivity index (χ0n) is 15.7. The van der Waals surface area contributed by atoms with Crippen molar-refractivity contribution in [3.63, 3.8) is 0 Å². The molecule has 154 valence electrons. The van der Waals surface area contributed by atoms with E-state index in [2.05, 4.69) is 14.7 Å². The smallest absolute Gasteiger partial charge is 0.268 e. The van der Waals surface area contributed by atoms with Gasteiger partial charge < -0.3 is 9.30 Å². The van der Waals surface area contributed by atoms with E-state index in [9.17, 15) is 18.5 Å². The highest BCUT2D eigenvalue weighted by molar-refractivity contribution is 7.90. The van der Waals surface area contributed by atoms with Gasteiger partial charge in [0.1, 0.15) is 17.4 Å². The van der Waals surface area contributed by atoms with Gasteiger partial charge in [-0.2, -0.15) is 14.6 Å². The maximum Gasteiger partial charge on any atom is 0.268 e. The molecule has 0 saturated heterocycles. The molecule has 1 N–H and O–H groups in total. The summed E-state index contributed by atoms with van der Waals surface area (Å²) in [5.41, 5.74) is 1.05. The highest BCUT2D eigenvalue weighted by Crippen LogP contribution is 2.28. The van der Waals surface area contributed by atoms with Crippen molar-refractivity contribution in [3.8, 4) is 17.5 Å². The molecular formula is C18H14ClN5O4S2. The number of rotatable bonds is 6. The summed E-state index contributed by atoms with van der Waals surface area (Å²) in [6.07, 6.45) is 4.10. The third-order valence-corrected chi connectivity index (χ3v) is 5.70. The van der Waals surface area contributed by atoms with E-state index in [0.717, 1.165) is 6.26 Å². The Labute approximate surface area is 181 Å². The number of amides is 1. The average Bonchev–Trinajstić information content (AvgIpc) is 3.35. The predicted molar refractivity (Wildman–Crippen MR) is 113 cm³/mol. The highest BCUT2D eigenvalue weighted by atomic mass is 35.5. The number of hydrogen-bond donors (Lipinski definition) is 1. The van der Waals surface area contributed by atoms with Crippen LogP contribution in [0.15, 0.2) is 47.3 Å². The molecule has 3 rings (SSSR count). The van der Waals surface area contributed by atoms with E-state index in [0.29, 0.717) is 33.7 Å². The molecule has 12 heteroatoms. The van der Waals surface area contributed by atoms with Gasteiger partial charge in [0.2, 0.25) is 15.0 Å². The number of anilines is 1. The monoisotopic (exact) mass is 463 g/mol. The summed E-state index contributed by atoms with van der Waals surface area (Å²) in [4.78, 5) is 16.2. The predicted octanol–water partition coefficient (Wildman–Crippen LogP) is 2.94. The largest absolute Gasteiger partial charge is 0.495 e. The molecule has 0 atom stereocenters. The summed E-state index contributed by atoms with van der Waals surface area (Å²) in [5, 5.41) is 11.8.